The molecular weight excluding hydrogens is 168 g/mol. The van der Waals surface area contributed by atoms with Gasteiger partial charge >= 0.3 is 5.89 Å². The van der Waals surface area contributed by atoms with E-state index >= 15 is 0 Å². The first-order valence-corrected chi connectivity index (χ1v) is 3.59. The van der Waals surface area contributed by atoms with Crippen LogP contribution in [0, 0.1) is 11.3 Å². The summed E-state index contributed by atoms with van der Waals surface area (Å²) < 4.78 is 5.03. The van der Waals surface area contributed by atoms with Crippen LogP contribution in [-0.2, 0) is 0 Å². The number of carbonyl (C=O) groups is 1. The van der Waals surface area contributed by atoms with Crippen molar-refractivity contribution in [1.29, 1.82) is 5.26 Å². The van der Waals surface area contributed by atoms with Gasteiger partial charge in [-0.05, 0) is 18.2 Å². The van der Waals surface area contributed by atoms with E-state index in [1.165, 1.54) is 0 Å². The highest BCUT2D eigenvalue weighted by molar-refractivity contribution is 5.83. The molecule has 0 fully saturated rings. The molecule has 0 unspecified atom stereocenters. The Morgan fingerprint density at radius 1 is 1.54 bits per heavy atom. The van der Waals surface area contributed by atoms with E-state index in [9.17, 15) is 4.79 Å². The molecule has 4 heteroatoms. The fraction of sp³-hybridized carbons (Fsp3) is 0. The second-order valence-electron chi connectivity index (χ2n) is 2.48. The van der Waals surface area contributed by atoms with Crippen LogP contribution < -0.4 is 0 Å². The molecule has 0 aliphatic heterocycles. The number of aldehydes is 1. The first kappa shape index (κ1) is 7.50. The summed E-state index contributed by atoms with van der Waals surface area (Å²) in [5, 5.41) is 8.49. The number of hydrogen-bond acceptors (Lipinski definition) is 4. The third kappa shape index (κ3) is 1.16. The molecule has 2 aromatic rings. The second kappa shape index (κ2) is 2.72. The molecule has 0 amide bonds. The van der Waals surface area contributed by atoms with Crippen LogP contribution in [0.3, 0.4) is 0 Å². The second-order valence-corrected chi connectivity index (χ2v) is 2.48. The van der Waals surface area contributed by atoms with Gasteiger partial charge in [-0.25, -0.2) is 0 Å². The van der Waals surface area contributed by atoms with Crippen LogP contribution in [0.1, 0.15) is 16.2 Å². The Balaban J connectivity index is 2.72. The molecule has 0 aliphatic carbocycles. The number of hydrogen-bond donors (Lipinski definition) is 0. The molecule has 0 saturated heterocycles. The van der Waals surface area contributed by atoms with E-state index in [1.807, 2.05) is 0 Å². The summed E-state index contributed by atoms with van der Waals surface area (Å²) in [5.74, 6) is 0.0121. The van der Waals surface area contributed by atoms with Crippen molar-refractivity contribution >= 4 is 17.4 Å². The molecule has 13 heavy (non-hydrogen) atoms. The topological polar surface area (TPSA) is 66.9 Å². The van der Waals surface area contributed by atoms with E-state index in [-0.39, 0.29) is 5.89 Å². The van der Waals surface area contributed by atoms with Crippen molar-refractivity contribution < 1.29 is 9.21 Å². The van der Waals surface area contributed by atoms with Gasteiger partial charge in [0.15, 0.2) is 11.7 Å². The number of aromatic nitrogens is 1. The lowest BCUT2D eigenvalue weighted by molar-refractivity contribution is 0.112. The standard InChI is InChI=1S/C9H4N2O2/c10-4-9-11-7-3-6(5-12)1-2-8(7)13-9/h1-3,5H. The van der Waals surface area contributed by atoms with Crippen molar-refractivity contribution in [2.45, 2.75) is 0 Å². The monoisotopic (exact) mass is 172 g/mol. The van der Waals surface area contributed by atoms with E-state index in [1.54, 1.807) is 24.3 Å². The Hall–Kier alpha value is -2.15. The lowest BCUT2D eigenvalue weighted by atomic mass is 10.2. The van der Waals surface area contributed by atoms with E-state index in [0.717, 1.165) is 6.29 Å². The van der Waals surface area contributed by atoms with Crippen LogP contribution in [0.4, 0.5) is 0 Å². The van der Waals surface area contributed by atoms with E-state index in [4.69, 9.17) is 9.68 Å². The lowest BCUT2D eigenvalue weighted by Crippen LogP contribution is -1.77. The van der Waals surface area contributed by atoms with Gasteiger partial charge in [0.1, 0.15) is 11.8 Å². The molecule has 1 aromatic heterocycles. The van der Waals surface area contributed by atoms with Gasteiger partial charge in [0, 0.05) is 5.56 Å². The van der Waals surface area contributed by atoms with Crippen LogP contribution in [0.5, 0.6) is 0 Å². The van der Waals surface area contributed by atoms with Crippen molar-refractivity contribution in [1.82, 2.24) is 4.98 Å². The summed E-state index contributed by atoms with van der Waals surface area (Å²) >= 11 is 0. The van der Waals surface area contributed by atoms with Crippen molar-refractivity contribution in [3.63, 3.8) is 0 Å². The van der Waals surface area contributed by atoms with E-state index in [0.29, 0.717) is 16.7 Å². The predicted octanol–water partition coefficient (Wildman–Crippen LogP) is 1.51. The molecular formula is C9H4N2O2. The van der Waals surface area contributed by atoms with Crippen molar-refractivity contribution in [2.24, 2.45) is 0 Å². The van der Waals surface area contributed by atoms with Gasteiger partial charge in [-0.1, -0.05) is 0 Å². The fourth-order valence-corrected chi connectivity index (χ4v) is 1.07. The summed E-state index contributed by atoms with van der Waals surface area (Å²) in [7, 11) is 0. The van der Waals surface area contributed by atoms with Gasteiger partial charge < -0.3 is 4.42 Å². The average molecular weight is 172 g/mol. The highest BCUT2D eigenvalue weighted by atomic mass is 16.3. The maximum atomic E-state index is 10.4. The van der Waals surface area contributed by atoms with Crippen molar-refractivity contribution in [3.8, 4) is 6.07 Å². The van der Waals surface area contributed by atoms with Gasteiger partial charge in [0.05, 0.1) is 0 Å². The molecule has 0 bridgehead atoms. The Bertz CT molecular complexity index is 508. The molecule has 0 atom stereocenters. The van der Waals surface area contributed by atoms with Crippen molar-refractivity contribution in [2.75, 3.05) is 0 Å². The zero-order valence-corrected chi connectivity index (χ0v) is 6.52. The maximum Gasteiger partial charge on any atom is 0.301 e. The first-order chi connectivity index (χ1) is 6.33. The molecule has 2 rings (SSSR count). The van der Waals surface area contributed by atoms with E-state index < -0.39 is 0 Å². The molecule has 0 N–H and O–H groups in total. The van der Waals surface area contributed by atoms with E-state index in [2.05, 4.69) is 4.98 Å². The average Bonchev–Trinajstić information content (AvgIpc) is 2.58. The zero-order chi connectivity index (χ0) is 9.26. The smallest absolute Gasteiger partial charge is 0.301 e. The molecule has 0 saturated carbocycles. The highest BCUT2D eigenvalue weighted by Gasteiger charge is 2.04. The Labute approximate surface area is 73.4 Å². The fourth-order valence-electron chi connectivity index (χ4n) is 1.07. The summed E-state index contributed by atoms with van der Waals surface area (Å²) in [6.07, 6.45) is 0.722. The largest absolute Gasteiger partial charge is 0.428 e. The first-order valence-electron chi connectivity index (χ1n) is 3.59. The quantitative estimate of drug-likeness (QED) is 0.611. The summed E-state index contributed by atoms with van der Waals surface area (Å²) in [5.41, 5.74) is 1.56. The Morgan fingerprint density at radius 3 is 3.08 bits per heavy atom. The molecule has 4 nitrogen and oxygen atoms in total. The van der Waals surface area contributed by atoms with Gasteiger partial charge in [0.25, 0.3) is 0 Å². The maximum absolute atomic E-state index is 10.4. The molecule has 0 radical (unpaired) electrons. The number of benzene rings is 1. The molecule has 0 aliphatic rings. The van der Waals surface area contributed by atoms with Gasteiger partial charge in [0.2, 0.25) is 0 Å². The molecule has 1 aromatic carbocycles. The Kier molecular flexibility index (Phi) is 1.57. The normalized spacial score (nSPS) is 9.77. The predicted molar refractivity (Wildman–Crippen MR) is 44.1 cm³/mol. The minimum Gasteiger partial charge on any atom is -0.428 e. The number of carbonyl (C=O) groups excluding carboxylic acids is 1. The minimum absolute atomic E-state index is 0.0121. The third-order valence-corrected chi connectivity index (χ3v) is 1.64. The van der Waals surface area contributed by atoms with Gasteiger partial charge in [-0.15, -0.1) is 0 Å². The summed E-state index contributed by atoms with van der Waals surface area (Å²) in [6, 6.07) is 6.59. The Morgan fingerprint density at radius 2 is 2.38 bits per heavy atom. The zero-order valence-electron chi connectivity index (χ0n) is 6.52. The number of oxazole rings is 1. The molecule has 0 spiro atoms. The van der Waals surface area contributed by atoms with Crippen LogP contribution >= 0.6 is 0 Å². The number of nitrogens with zero attached hydrogens (tertiary/aromatic N) is 2. The van der Waals surface area contributed by atoms with Gasteiger partial charge in [-0.2, -0.15) is 10.2 Å². The van der Waals surface area contributed by atoms with Crippen molar-refractivity contribution in [3.05, 3.63) is 29.7 Å². The van der Waals surface area contributed by atoms with Crippen LogP contribution in [0.2, 0.25) is 0 Å². The SMILES string of the molecule is N#Cc1nc2cc(C=O)ccc2o1. The van der Waals surface area contributed by atoms with Crippen LogP contribution in [0.25, 0.3) is 11.1 Å². The number of nitriles is 1. The minimum atomic E-state index is 0.0121. The number of rotatable bonds is 1. The summed E-state index contributed by atoms with van der Waals surface area (Å²) in [6.45, 7) is 0. The van der Waals surface area contributed by atoms with Gasteiger partial charge in [-0.3, -0.25) is 4.79 Å². The van der Waals surface area contributed by atoms with Crippen LogP contribution in [-0.4, -0.2) is 11.3 Å². The molecule has 1 heterocycles. The third-order valence-electron chi connectivity index (χ3n) is 1.64. The molecule has 62 valence electrons. The number of fused-ring (bicyclic) bond motifs is 1. The van der Waals surface area contributed by atoms with Crippen LogP contribution in [0.15, 0.2) is 22.6 Å². The highest BCUT2D eigenvalue weighted by Crippen LogP contribution is 2.15. The lowest BCUT2D eigenvalue weighted by Gasteiger charge is -1.86. The summed E-state index contributed by atoms with van der Waals surface area (Å²) in [4.78, 5) is 14.3.